The first-order chi connectivity index (χ1) is 8.54. The summed E-state index contributed by atoms with van der Waals surface area (Å²) in [5.41, 5.74) is 7.19. The first kappa shape index (κ1) is 17.7. The van der Waals surface area contributed by atoms with Crippen LogP contribution in [0.5, 0.6) is 5.75 Å². The van der Waals surface area contributed by atoms with Crippen LogP contribution in [0, 0.1) is 6.92 Å². The molecule has 1 rings (SSSR count). The Kier molecular flexibility index (Phi) is 8.14. The summed E-state index contributed by atoms with van der Waals surface area (Å²) in [5.74, 6) is 0.386. The first-order valence-corrected chi connectivity index (χ1v) is 5.83. The van der Waals surface area contributed by atoms with Crippen LogP contribution >= 0.6 is 12.4 Å². The van der Waals surface area contributed by atoms with Crippen molar-refractivity contribution in [1.82, 2.24) is 0 Å². The number of halogens is 1. The largest absolute Gasteiger partial charge is 0.489 e. The average Bonchev–Trinajstić information content (AvgIpc) is 2.32. The number of benzene rings is 1. The van der Waals surface area contributed by atoms with E-state index in [0.29, 0.717) is 24.7 Å². The molecule has 3 N–H and O–H groups in total. The number of hydrogen-bond acceptors (Lipinski definition) is 4. The molecule has 0 saturated heterocycles. The van der Waals surface area contributed by atoms with Gasteiger partial charge < -0.3 is 20.5 Å². The molecule has 0 unspecified atom stereocenters. The molecule has 0 aliphatic rings. The molecule has 5 nitrogen and oxygen atoms in total. The Morgan fingerprint density at radius 2 is 2.11 bits per heavy atom. The van der Waals surface area contributed by atoms with Gasteiger partial charge in [0.05, 0.1) is 18.3 Å². The van der Waals surface area contributed by atoms with E-state index in [2.05, 4.69) is 5.32 Å². The van der Waals surface area contributed by atoms with Gasteiger partial charge in [0, 0.05) is 7.11 Å². The smallest absolute Gasteiger partial charge is 0.241 e. The van der Waals surface area contributed by atoms with Gasteiger partial charge >= 0.3 is 0 Å². The Bertz CT molecular complexity index is 411. The number of ether oxygens (including phenoxy) is 2. The van der Waals surface area contributed by atoms with Gasteiger partial charge in [0.15, 0.2) is 0 Å². The number of aryl methyl sites for hydroxylation is 1. The molecule has 1 amide bonds. The van der Waals surface area contributed by atoms with Crippen LogP contribution in [0.15, 0.2) is 18.2 Å². The monoisotopic (exact) mass is 288 g/mol. The van der Waals surface area contributed by atoms with Crippen LogP contribution in [-0.2, 0) is 9.53 Å². The van der Waals surface area contributed by atoms with Gasteiger partial charge in [-0.2, -0.15) is 0 Å². The van der Waals surface area contributed by atoms with Crippen molar-refractivity contribution in [3.63, 3.8) is 0 Å². The fourth-order valence-corrected chi connectivity index (χ4v) is 1.33. The quantitative estimate of drug-likeness (QED) is 0.782. The fraction of sp³-hybridized carbons (Fsp3) is 0.462. The summed E-state index contributed by atoms with van der Waals surface area (Å²) in [7, 11) is 1.61. The molecule has 0 spiro atoms. The number of anilines is 1. The second-order valence-electron chi connectivity index (χ2n) is 4.12. The topological polar surface area (TPSA) is 73.6 Å². The zero-order chi connectivity index (χ0) is 13.5. The zero-order valence-electron chi connectivity index (χ0n) is 11.4. The van der Waals surface area contributed by atoms with E-state index < -0.39 is 6.04 Å². The van der Waals surface area contributed by atoms with E-state index in [1.807, 2.05) is 19.1 Å². The summed E-state index contributed by atoms with van der Waals surface area (Å²) in [6, 6.07) is 5.02. The van der Waals surface area contributed by atoms with Crippen molar-refractivity contribution in [1.29, 1.82) is 0 Å². The number of amides is 1. The number of carbonyl (C=O) groups is 1. The van der Waals surface area contributed by atoms with Gasteiger partial charge in [-0.1, -0.05) is 6.07 Å². The number of nitrogens with one attached hydrogen (secondary N) is 1. The van der Waals surface area contributed by atoms with Gasteiger partial charge in [-0.15, -0.1) is 12.4 Å². The molecule has 0 radical (unpaired) electrons. The Morgan fingerprint density at radius 1 is 1.42 bits per heavy atom. The number of hydrogen-bond donors (Lipinski definition) is 2. The highest BCUT2D eigenvalue weighted by atomic mass is 35.5. The minimum absolute atomic E-state index is 0. The van der Waals surface area contributed by atoms with Gasteiger partial charge in [-0.25, -0.2) is 0 Å². The van der Waals surface area contributed by atoms with Crippen molar-refractivity contribution in [2.75, 3.05) is 25.6 Å². The summed E-state index contributed by atoms with van der Waals surface area (Å²) < 4.78 is 10.5. The number of carbonyl (C=O) groups excluding carboxylic acids is 1. The predicted octanol–water partition coefficient (Wildman–Crippen LogP) is 1.73. The molecular weight excluding hydrogens is 268 g/mol. The maximum absolute atomic E-state index is 11.6. The van der Waals surface area contributed by atoms with E-state index in [-0.39, 0.29) is 18.3 Å². The summed E-state index contributed by atoms with van der Waals surface area (Å²) in [6.07, 6.45) is 0. The Balaban J connectivity index is 0.00000324. The number of rotatable bonds is 6. The van der Waals surface area contributed by atoms with Gasteiger partial charge in [0.25, 0.3) is 0 Å². The van der Waals surface area contributed by atoms with E-state index in [0.717, 1.165) is 5.56 Å². The Morgan fingerprint density at radius 3 is 2.68 bits per heavy atom. The van der Waals surface area contributed by atoms with E-state index in [4.69, 9.17) is 15.2 Å². The highest BCUT2D eigenvalue weighted by molar-refractivity contribution is 5.95. The van der Waals surface area contributed by atoms with Crippen molar-refractivity contribution < 1.29 is 14.3 Å². The molecule has 0 fully saturated rings. The standard InChI is InChI=1S/C13H20N2O3.ClH/c1-9-4-5-11(15-13(16)10(2)14)12(8-9)18-7-6-17-3;/h4-5,8,10H,6-7,14H2,1-3H3,(H,15,16);1H/t10-;/m0./s1. The minimum Gasteiger partial charge on any atom is -0.489 e. The highest BCUT2D eigenvalue weighted by Gasteiger charge is 2.11. The van der Waals surface area contributed by atoms with Crippen LogP contribution in [0.25, 0.3) is 0 Å². The summed E-state index contributed by atoms with van der Waals surface area (Å²) in [4.78, 5) is 11.6. The molecule has 0 aliphatic carbocycles. The lowest BCUT2D eigenvalue weighted by molar-refractivity contribution is -0.117. The molecule has 1 aromatic rings. The lowest BCUT2D eigenvalue weighted by Gasteiger charge is -2.14. The van der Waals surface area contributed by atoms with Gasteiger partial charge in [0.1, 0.15) is 12.4 Å². The summed E-state index contributed by atoms with van der Waals surface area (Å²) >= 11 is 0. The molecule has 1 atom stereocenters. The fourth-order valence-electron chi connectivity index (χ4n) is 1.33. The zero-order valence-corrected chi connectivity index (χ0v) is 12.3. The van der Waals surface area contributed by atoms with E-state index in [9.17, 15) is 4.79 Å². The molecule has 108 valence electrons. The van der Waals surface area contributed by atoms with Crippen molar-refractivity contribution >= 4 is 24.0 Å². The number of nitrogens with two attached hydrogens (primary N) is 1. The van der Waals surface area contributed by atoms with E-state index in [1.54, 1.807) is 20.1 Å². The van der Waals surface area contributed by atoms with Crippen molar-refractivity contribution in [2.24, 2.45) is 5.73 Å². The molecule has 0 aliphatic heterocycles. The van der Waals surface area contributed by atoms with Crippen LogP contribution < -0.4 is 15.8 Å². The van der Waals surface area contributed by atoms with Crippen molar-refractivity contribution in [3.8, 4) is 5.75 Å². The Labute approximate surface area is 119 Å². The SMILES string of the molecule is COCCOc1cc(C)ccc1NC(=O)[C@H](C)N.Cl. The first-order valence-electron chi connectivity index (χ1n) is 5.83. The van der Waals surface area contributed by atoms with Crippen LogP contribution in [-0.4, -0.2) is 32.3 Å². The third-order valence-electron chi connectivity index (χ3n) is 2.35. The molecule has 0 saturated carbocycles. The van der Waals surface area contributed by atoms with E-state index >= 15 is 0 Å². The number of methoxy groups -OCH3 is 1. The molecule has 19 heavy (non-hydrogen) atoms. The summed E-state index contributed by atoms with van der Waals surface area (Å²) in [5, 5.41) is 2.73. The third-order valence-corrected chi connectivity index (χ3v) is 2.35. The molecular formula is C13H21ClN2O3. The van der Waals surface area contributed by atoms with Crippen molar-refractivity contribution in [2.45, 2.75) is 19.9 Å². The third kappa shape index (κ3) is 5.92. The van der Waals surface area contributed by atoms with Gasteiger partial charge in [0.2, 0.25) is 5.91 Å². The van der Waals surface area contributed by atoms with Crippen LogP contribution in [0.3, 0.4) is 0 Å². The molecule has 0 bridgehead atoms. The maximum Gasteiger partial charge on any atom is 0.241 e. The maximum atomic E-state index is 11.6. The second-order valence-corrected chi connectivity index (χ2v) is 4.12. The minimum atomic E-state index is -0.557. The van der Waals surface area contributed by atoms with E-state index in [1.165, 1.54) is 0 Å². The van der Waals surface area contributed by atoms with Crippen molar-refractivity contribution in [3.05, 3.63) is 23.8 Å². The van der Waals surface area contributed by atoms with Gasteiger partial charge in [-0.3, -0.25) is 4.79 Å². The average molecular weight is 289 g/mol. The lowest BCUT2D eigenvalue weighted by Crippen LogP contribution is -2.32. The highest BCUT2D eigenvalue weighted by Crippen LogP contribution is 2.25. The van der Waals surface area contributed by atoms with Crippen LogP contribution in [0.4, 0.5) is 5.69 Å². The lowest BCUT2D eigenvalue weighted by atomic mass is 10.2. The van der Waals surface area contributed by atoms with Crippen LogP contribution in [0.1, 0.15) is 12.5 Å². The second kappa shape index (κ2) is 8.74. The molecule has 0 aromatic heterocycles. The predicted molar refractivity (Wildman–Crippen MR) is 78.1 cm³/mol. The molecule has 6 heteroatoms. The molecule has 1 aromatic carbocycles. The Hall–Kier alpha value is -1.30. The summed E-state index contributed by atoms with van der Waals surface area (Å²) in [6.45, 7) is 4.52. The van der Waals surface area contributed by atoms with Gasteiger partial charge in [-0.05, 0) is 31.5 Å². The molecule has 0 heterocycles. The normalized spacial score (nSPS) is 11.4. The van der Waals surface area contributed by atoms with Crippen LogP contribution in [0.2, 0.25) is 0 Å².